The molecule has 0 spiro atoms. The molecule has 9 heteroatoms. The molecule has 1 N–H and O–H groups in total. The molecule has 0 saturated carbocycles. The van der Waals surface area contributed by atoms with E-state index in [0.29, 0.717) is 51.5 Å². The van der Waals surface area contributed by atoms with Gasteiger partial charge in [0.05, 0.1) is 31.2 Å². The van der Waals surface area contributed by atoms with E-state index in [1.165, 1.54) is 12.4 Å². The van der Waals surface area contributed by atoms with Gasteiger partial charge in [0, 0.05) is 28.3 Å². The first-order valence-corrected chi connectivity index (χ1v) is 9.56. The highest BCUT2D eigenvalue weighted by molar-refractivity contribution is 9.10. The molecule has 0 unspecified atom stereocenters. The van der Waals surface area contributed by atoms with E-state index in [1.54, 1.807) is 43.9 Å². The summed E-state index contributed by atoms with van der Waals surface area (Å²) in [5.74, 6) is 1.19. The van der Waals surface area contributed by atoms with Gasteiger partial charge >= 0.3 is 0 Å². The number of ether oxygens (including phenoxy) is 2. The fourth-order valence-electron chi connectivity index (χ4n) is 2.83. The van der Waals surface area contributed by atoms with Crippen molar-refractivity contribution in [2.75, 3.05) is 19.0 Å². The molecule has 29 heavy (non-hydrogen) atoms. The molecule has 0 amide bonds. The monoisotopic (exact) mass is 457 g/mol. The molecule has 2 aromatic carbocycles. The van der Waals surface area contributed by atoms with Gasteiger partial charge in [-0.1, -0.05) is 15.9 Å². The van der Waals surface area contributed by atoms with Crippen LogP contribution in [0.1, 0.15) is 0 Å². The molecule has 4 aromatic rings. The number of nitrogens with one attached hydrogen (secondary N) is 1. The van der Waals surface area contributed by atoms with Gasteiger partial charge < -0.3 is 19.4 Å². The average Bonchev–Trinajstić information content (AvgIpc) is 3.23. The highest BCUT2D eigenvalue weighted by Gasteiger charge is 2.13. The van der Waals surface area contributed by atoms with E-state index >= 15 is 0 Å². The van der Waals surface area contributed by atoms with Crippen LogP contribution in [-0.4, -0.2) is 33.2 Å². The largest absolute Gasteiger partial charge is 0.493 e. The lowest BCUT2D eigenvalue weighted by Gasteiger charge is -2.14. The third kappa shape index (κ3) is 4.29. The molecule has 2 heterocycles. The number of rotatable bonds is 7. The van der Waals surface area contributed by atoms with Crippen LogP contribution in [0.15, 0.2) is 59.9 Å². The molecule has 7 nitrogen and oxygen atoms in total. The first kappa shape index (κ1) is 19.1. The van der Waals surface area contributed by atoms with Crippen molar-refractivity contribution in [3.63, 3.8) is 0 Å². The fraction of sp³-hybridized carbons (Fsp3) is 0.150. The lowest BCUT2D eigenvalue weighted by molar-refractivity contribution is 0.280. The second-order valence-corrected chi connectivity index (χ2v) is 7.06. The van der Waals surface area contributed by atoms with Gasteiger partial charge in [0.25, 0.3) is 0 Å². The number of benzene rings is 2. The quantitative estimate of drug-likeness (QED) is 0.438. The van der Waals surface area contributed by atoms with Crippen molar-refractivity contribution in [1.29, 1.82) is 0 Å². The maximum Gasteiger partial charge on any atom is 0.163 e. The Labute approximate surface area is 174 Å². The standard InChI is InChI=1S/C20H17BrFN5O2/c1-28-18-9-14-17(10-19(18)29-7-6-27-5-4-23-12-27)24-11-25-20(14)26-16-3-2-13(21)8-15(16)22/h2-5,8-12H,6-7H2,1H3,(H,24,25,26). The Morgan fingerprint density at radius 1 is 1.17 bits per heavy atom. The zero-order valence-electron chi connectivity index (χ0n) is 15.5. The van der Waals surface area contributed by atoms with E-state index in [2.05, 4.69) is 36.2 Å². The smallest absolute Gasteiger partial charge is 0.163 e. The Balaban J connectivity index is 1.62. The van der Waals surface area contributed by atoms with Crippen LogP contribution < -0.4 is 14.8 Å². The third-order valence-electron chi connectivity index (χ3n) is 4.27. The van der Waals surface area contributed by atoms with Crippen LogP contribution >= 0.6 is 15.9 Å². The number of hydrogen-bond acceptors (Lipinski definition) is 6. The van der Waals surface area contributed by atoms with Gasteiger partial charge in [-0.05, 0) is 24.3 Å². The highest BCUT2D eigenvalue weighted by Crippen LogP contribution is 2.35. The summed E-state index contributed by atoms with van der Waals surface area (Å²) in [5, 5.41) is 3.71. The van der Waals surface area contributed by atoms with Gasteiger partial charge in [-0.15, -0.1) is 0 Å². The minimum absolute atomic E-state index is 0.313. The summed E-state index contributed by atoms with van der Waals surface area (Å²) in [6.45, 7) is 1.10. The first-order valence-electron chi connectivity index (χ1n) is 8.77. The van der Waals surface area contributed by atoms with Gasteiger partial charge in [-0.2, -0.15) is 0 Å². The van der Waals surface area contributed by atoms with Crippen LogP contribution in [0.25, 0.3) is 10.9 Å². The predicted molar refractivity (Wildman–Crippen MR) is 111 cm³/mol. The number of halogens is 2. The Hall–Kier alpha value is -3.20. The van der Waals surface area contributed by atoms with E-state index in [4.69, 9.17) is 9.47 Å². The number of aromatic nitrogens is 4. The fourth-order valence-corrected chi connectivity index (χ4v) is 3.17. The minimum Gasteiger partial charge on any atom is -0.493 e. The summed E-state index contributed by atoms with van der Waals surface area (Å²) in [6.07, 6.45) is 6.74. The van der Waals surface area contributed by atoms with Crippen LogP contribution in [0.3, 0.4) is 0 Å². The van der Waals surface area contributed by atoms with Crippen LogP contribution in [0, 0.1) is 5.82 Å². The van der Waals surface area contributed by atoms with Crippen molar-refractivity contribution in [3.8, 4) is 11.5 Å². The second-order valence-electron chi connectivity index (χ2n) is 6.14. The van der Waals surface area contributed by atoms with E-state index in [0.717, 1.165) is 0 Å². The predicted octanol–water partition coefficient (Wildman–Crippen LogP) is 4.56. The molecule has 0 radical (unpaired) electrons. The summed E-state index contributed by atoms with van der Waals surface area (Å²) in [5.41, 5.74) is 0.964. The molecular formula is C20H17BrFN5O2. The lowest BCUT2D eigenvalue weighted by Crippen LogP contribution is -2.07. The van der Waals surface area contributed by atoms with Gasteiger partial charge in [0.2, 0.25) is 0 Å². The summed E-state index contributed by atoms with van der Waals surface area (Å²) in [7, 11) is 1.56. The zero-order chi connectivity index (χ0) is 20.2. The molecular weight excluding hydrogens is 441 g/mol. The number of hydrogen-bond donors (Lipinski definition) is 1. The van der Waals surface area contributed by atoms with Crippen molar-refractivity contribution < 1.29 is 13.9 Å². The van der Waals surface area contributed by atoms with Gasteiger partial charge in [0.1, 0.15) is 24.6 Å². The van der Waals surface area contributed by atoms with Crippen molar-refractivity contribution in [3.05, 3.63) is 65.7 Å². The number of anilines is 2. The van der Waals surface area contributed by atoms with Crippen LogP contribution in [0.5, 0.6) is 11.5 Å². The van der Waals surface area contributed by atoms with Gasteiger partial charge in [-0.3, -0.25) is 0 Å². The minimum atomic E-state index is -0.391. The van der Waals surface area contributed by atoms with E-state index in [9.17, 15) is 4.39 Å². The van der Waals surface area contributed by atoms with Crippen LogP contribution in [0.2, 0.25) is 0 Å². The normalized spacial score (nSPS) is 10.9. The Morgan fingerprint density at radius 3 is 2.83 bits per heavy atom. The molecule has 4 rings (SSSR count). The Bertz CT molecular complexity index is 1140. The van der Waals surface area contributed by atoms with E-state index in [-0.39, 0.29) is 0 Å². The highest BCUT2D eigenvalue weighted by atomic mass is 79.9. The summed E-state index contributed by atoms with van der Waals surface area (Å²) < 4.78 is 28.2. The molecule has 148 valence electrons. The zero-order valence-corrected chi connectivity index (χ0v) is 17.1. The first-order chi connectivity index (χ1) is 14.1. The van der Waals surface area contributed by atoms with Gasteiger partial charge in [0.15, 0.2) is 11.5 Å². The third-order valence-corrected chi connectivity index (χ3v) is 4.76. The number of nitrogens with zero attached hydrogens (tertiary/aromatic N) is 4. The average molecular weight is 458 g/mol. The SMILES string of the molecule is COc1cc2c(Nc3ccc(Br)cc3F)ncnc2cc1OCCn1ccnc1. The Morgan fingerprint density at radius 2 is 2.07 bits per heavy atom. The molecule has 0 aliphatic carbocycles. The van der Waals surface area contributed by atoms with Gasteiger partial charge in [-0.25, -0.2) is 19.3 Å². The summed E-state index contributed by atoms with van der Waals surface area (Å²) >= 11 is 3.25. The number of fused-ring (bicyclic) bond motifs is 1. The molecule has 0 atom stereocenters. The molecule has 0 fully saturated rings. The molecule has 0 bridgehead atoms. The number of methoxy groups -OCH3 is 1. The van der Waals surface area contributed by atoms with Crippen molar-refractivity contribution in [2.45, 2.75) is 6.54 Å². The van der Waals surface area contributed by atoms with E-state index < -0.39 is 5.82 Å². The number of imidazole rings is 1. The lowest BCUT2D eigenvalue weighted by atomic mass is 10.2. The maximum atomic E-state index is 14.2. The summed E-state index contributed by atoms with van der Waals surface area (Å²) in [6, 6.07) is 8.34. The van der Waals surface area contributed by atoms with Crippen molar-refractivity contribution in [2.24, 2.45) is 0 Å². The maximum absolute atomic E-state index is 14.2. The summed E-state index contributed by atoms with van der Waals surface area (Å²) in [4.78, 5) is 12.6. The molecule has 0 aliphatic heterocycles. The molecule has 2 aromatic heterocycles. The van der Waals surface area contributed by atoms with Crippen molar-refractivity contribution >= 4 is 38.3 Å². The Kier molecular flexibility index (Phi) is 5.57. The topological polar surface area (TPSA) is 74.1 Å². The van der Waals surface area contributed by atoms with Crippen LogP contribution in [-0.2, 0) is 6.54 Å². The second kappa shape index (κ2) is 8.44. The molecule has 0 aliphatic rings. The van der Waals surface area contributed by atoms with Crippen molar-refractivity contribution in [1.82, 2.24) is 19.5 Å². The molecule has 0 saturated heterocycles. The van der Waals surface area contributed by atoms with E-state index in [1.807, 2.05) is 10.8 Å². The van der Waals surface area contributed by atoms with Crippen LogP contribution in [0.4, 0.5) is 15.9 Å².